The van der Waals surface area contributed by atoms with E-state index in [0.29, 0.717) is 27.8 Å². The lowest BCUT2D eigenvalue weighted by Gasteiger charge is -2.32. The number of nitrogens with one attached hydrogen (secondary N) is 1. The van der Waals surface area contributed by atoms with Gasteiger partial charge in [-0.2, -0.15) is 0 Å². The highest BCUT2D eigenvalue weighted by atomic mass is 35.5. The van der Waals surface area contributed by atoms with Crippen molar-refractivity contribution < 1.29 is 4.74 Å². The quantitative estimate of drug-likeness (QED) is 0.871. The number of benzene rings is 1. The minimum atomic E-state index is 0.498. The van der Waals surface area contributed by atoms with Crippen LogP contribution in [0.2, 0.25) is 10.0 Å². The molecule has 1 N–H and O–H groups in total. The first-order valence-electron chi connectivity index (χ1n) is 7.31. The van der Waals surface area contributed by atoms with Crippen molar-refractivity contribution in [1.29, 1.82) is 0 Å². The lowest BCUT2D eigenvalue weighted by molar-refractivity contribution is 0.0642. The molecule has 0 amide bonds. The number of halogens is 2. The van der Waals surface area contributed by atoms with Gasteiger partial charge >= 0.3 is 0 Å². The first-order valence-corrected chi connectivity index (χ1v) is 8.07. The lowest BCUT2D eigenvalue weighted by Crippen LogP contribution is -2.38. The van der Waals surface area contributed by atoms with E-state index >= 15 is 0 Å². The zero-order chi connectivity index (χ0) is 14.5. The van der Waals surface area contributed by atoms with Gasteiger partial charge in [-0.25, -0.2) is 0 Å². The molecule has 1 heterocycles. The molecule has 0 unspecified atom stereocenters. The Morgan fingerprint density at radius 2 is 2.10 bits per heavy atom. The van der Waals surface area contributed by atoms with Crippen molar-refractivity contribution in [2.24, 2.45) is 11.8 Å². The normalized spacial score (nSPS) is 23.2. The smallest absolute Gasteiger partial charge is 0.0595 e. The predicted molar refractivity (Wildman–Crippen MR) is 85.8 cm³/mol. The van der Waals surface area contributed by atoms with Gasteiger partial charge in [0.2, 0.25) is 0 Å². The monoisotopic (exact) mass is 315 g/mol. The van der Waals surface area contributed by atoms with Crippen LogP contribution < -0.4 is 5.32 Å². The summed E-state index contributed by atoms with van der Waals surface area (Å²) < 4.78 is 5.84. The molecule has 2 rings (SSSR count). The average molecular weight is 316 g/mol. The van der Waals surface area contributed by atoms with Crippen LogP contribution in [0.4, 0.5) is 0 Å². The van der Waals surface area contributed by atoms with Crippen LogP contribution in [-0.2, 0) is 4.74 Å². The third-order valence-electron chi connectivity index (χ3n) is 3.76. The molecule has 0 spiro atoms. The van der Waals surface area contributed by atoms with Crippen LogP contribution in [0.1, 0.15) is 31.7 Å². The maximum absolute atomic E-state index is 6.15. The van der Waals surface area contributed by atoms with E-state index in [1.807, 2.05) is 12.1 Å². The van der Waals surface area contributed by atoms with E-state index < -0.39 is 0 Å². The summed E-state index contributed by atoms with van der Waals surface area (Å²) in [4.78, 5) is 0. The van der Waals surface area contributed by atoms with Crippen molar-refractivity contribution in [1.82, 2.24) is 5.32 Å². The van der Waals surface area contributed by atoms with Crippen molar-refractivity contribution in [2.45, 2.75) is 26.2 Å². The zero-order valence-electron chi connectivity index (χ0n) is 12.2. The summed E-state index contributed by atoms with van der Waals surface area (Å²) in [6.45, 7) is 8.03. The minimum Gasteiger partial charge on any atom is -0.381 e. The van der Waals surface area contributed by atoms with E-state index in [2.05, 4.69) is 25.2 Å². The van der Waals surface area contributed by atoms with Gasteiger partial charge in [0.15, 0.2) is 0 Å². The second kappa shape index (κ2) is 7.65. The molecule has 1 aromatic rings. The first-order chi connectivity index (χ1) is 9.58. The van der Waals surface area contributed by atoms with Gasteiger partial charge in [0.05, 0.1) is 16.7 Å². The Morgan fingerprint density at radius 3 is 2.80 bits per heavy atom. The number of hydrogen-bond donors (Lipinski definition) is 1. The lowest BCUT2D eigenvalue weighted by atomic mass is 9.81. The molecule has 0 saturated carbocycles. The standard InChI is InChI=1S/C16H23Cl2NO/c1-11(2)9-20-10-13-8-19-6-5-14(13)12-3-4-15(17)16(18)7-12/h3-4,7,11,13-14,19H,5-6,8-10H2,1-2H3/t13-,14+/m1/s1. The highest BCUT2D eigenvalue weighted by molar-refractivity contribution is 6.42. The summed E-state index contributed by atoms with van der Waals surface area (Å²) in [7, 11) is 0. The molecule has 1 aliphatic heterocycles. The van der Waals surface area contributed by atoms with Gasteiger partial charge in [-0.3, -0.25) is 0 Å². The average Bonchev–Trinajstić information content (AvgIpc) is 2.42. The Kier molecular flexibility index (Phi) is 6.16. The Hall–Kier alpha value is -0.280. The highest BCUT2D eigenvalue weighted by Crippen LogP contribution is 2.34. The fraction of sp³-hybridized carbons (Fsp3) is 0.625. The maximum Gasteiger partial charge on any atom is 0.0595 e. The van der Waals surface area contributed by atoms with Crippen LogP contribution in [0.5, 0.6) is 0 Å². The number of hydrogen-bond acceptors (Lipinski definition) is 2. The molecular weight excluding hydrogens is 293 g/mol. The predicted octanol–water partition coefficient (Wildman–Crippen LogP) is 4.36. The number of piperidine rings is 1. The summed E-state index contributed by atoms with van der Waals surface area (Å²) in [6, 6.07) is 6.00. The second-order valence-corrected chi connectivity index (χ2v) is 6.78. The molecule has 1 fully saturated rings. The van der Waals surface area contributed by atoms with E-state index in [1.165, 1.54) is 5.56 Å². The van der Waals surface area contributed by atoms with Gasteiger partial charge in [0.25, 0.3) is 0 Å². The molecule has 4 heteroatoms. The van der Waals surface area contributed by atoms with Gasteiger partial charge in [0, 0.05) is 19.1 Å². The summed E-state index contributed by atoms with van der Waals surface area (Å²) in [6.07, 6.45) is 1.12. The Bertz CT molecular complexity index is 436. The van der Waals surface area contributed by atoms with E-state index in [9.17, 15) is 0 Å². The van der Waals surface area contributed by atoms with Gasteiger partial charge in [-0.15, -0.1) is 0 Å². The van der Waals surface area contributed by atoms with Crippen LogP contribution in [-0.4, -0.2) is 26.3 Å². The van der Waals surface area contributed by atoms with Crippen molar-refractivity contribution >= 4 is 23.2 Å². The molecule has 2 nitrogen and oxygen atoms in total. The molecule has 0 aliphatic carbocycles. The summed E-state index contributed by atoms with van der Waals surface area (Å²) >= 11 is 12.2. The molecule has 0 bridgehead atoms. The molecular formula is C16H23Cl2NO. The molecule has 2 atom stereocenters. The van der Waals surface area contributed by atoms with Gasteiger partial charge in [-0.05, 0) is 42.5 Å². The summed E-state index contributed by atoms with van der Waals surface area (Å²) in [5, 5.41) is 4.72. The third-order valence-corrected chi connectivity index (χ3v) is 4.50. The zero-order valence-corrected chi connectivity index (χ0v) is 13.7. The van der Waals surface area contributed by atoms with Gasteiger partial charge in [0.1, 0.15) is 0 Å². The Morgan fingerprint density at radius 1 is 1.30 bits per heavy atom. The van der Waals surface area contributed by atoms with E-state index in [1.54, 1.807) is 0 Å². The van der Waals surface area contributed by atoms with Crippen LogP contribution >= 0.6 is 23.2 Å². The van der Waals surface area contributed by atoms with E-state index in [0.717, 1.165) is 32.7 Å². The topological polar surface area (TPSA) is 21.3 Å². The summed E-state index contributed by atoms with van der Waals surface area (Å²) in [5.74, 6) is 1.58. The van der Waals surface area contributed by atoms with Crippen molar-refractivity contribution in [3.63, 3.8) is 0 Å². The fourth-order valence-corrected chi connectivity index (χ4v) is 3.04. The van der Waals surface area contributed by atoms with Crippen LogP contribution in [0.3, 0.4) is 0 Å². The highest BCUT2D eigenvalue weighted by Gasteiger charge is 2.27. The largest absolute Gasteiger partial charge is 0.381 e. The van der Waals surface area contributed by atoms with Crippen molar-refractivity contribution in [3.8, 4) is 0 Å². The van der Waals surface area contributed by atoms with Crippen molar-refractivity contribution in [2.75, 3.05) is 26.3 Å². The third kappa shape index (κ3) is 4.36. The molecule has 1 aliphatic rings. The minimum absolute atomic E-state index is 0.498. The molecule has 1 saturated heterocycles. The Labute approximate surface area is 131 Å². The molecule has 0 radical (unpaired) electrons. The SMILES string of the molecule is CC(C)COC[C@H]1CNCC[C@H]1c1ccc(Cl)c(Cl)c1. The summed E-state index contributed by atoms with van der Waals surface area (Å²) in [5.41, 5.74) is 1.28. The van der Waals surface area contributed by atoms with E-state index in [4.69, 9.17) is 27.9 Å². The van der Waals surface area contributed by atoms with E-state index in [-0.39, 0.29) is 0 Å². The number of rotatable bonds is 5. The van der Waals surface area contributed by atoms with Crippen LogP contribution in [0.15, 0.2) is 18.2 Å². The van der Waals surface area contributed by atoms with Crippen LogP contribution in [0, 0.1) is 11.8 Å². The fourth-order valence-electron chi connectivity index (χ4n) is 2.74. The molecule has 20 heavy (non-hydrogen) atoms. The number of ether oxygens (including phenoxy) is 1. The maximum atomic E-state index is 6.15. The van der Waals surface area contributed by atoms with Gasteiger partial charge in [-0.1, -0.05) is 43.1 Å². The Balaban J connectivity index is 2.03. The molecule has 1 aromatic carbocycles. The first kappa shape index (κ1) is 16.1. The second-order valence-electron chi connectivity index (χ2n) is 5.96. The molecule has 0 aromatic heterocycles. The van der Waals surface area contributed by atoms with Crippen molar-refractivity contribution in [3.05, 3.63) is 33.8 Å². The van der Waals surface area contributed by atoms with Gasteiger partial charge < -0.3 is 10.1 Å². The molecule has 112 valence electrons. The van der Waals surface area contributed by atoms with Crippen LogP contribution in [0.25, 0.3) is 0 Å².